The van der Waals surface area contributed by atoms with Gasteiger partial charge in [-0.2, -0.15) is 0 Å². The van der Waals surface area contributed by atoms with E-state index in [0.29, 0.717) is 0 Å². The van der Waals surface area contributed by atoms with Crippen molar-refractivity contribution < 1.29 is 4.74 Å². The topological polar surface area (TPSA) is 9.23 Å². The number of rotatable bonds is 2. The summed E-state index contributed by atoms with van der Waals surface area (Å²) in [5.41, 5.74) is 2.22. The molecule has 0 atom stereocenters. The van der Waals surface area contributed by atoms with Crippen LogP contribution < -0.4 is 4.74 Å². The zero-order valence-electron chi connectivity index (χ0n) is 8.10. The SMILES string of the molecule is CC=C(C)c1cc(Cl)ccc1OC. The Morgan fingerprint density at radius 1 is 1.46 bits per heavy atom. The summed E-state index contributed by atoms with van der Waals surface area (Å²) in [6.45, 7) is 4.03. The highest BCUT2D eigenvalue weighted by Crippen LogP contribution is 2.28. The summed E-state index contributed by atoms with van der Waals surface area (Å²) < 4.78 is 5.22. The molecular weight excluding hydrogens is 184 g/mol. The molecule has 0 aromatic heterocycles. The second-order valence-electron chi connectivity index (χ2n) is 2.82. The van der Waals surface area contributed by atoms with Crippen LogP contribution in [0.25, 0.3) is 5.57 Å². The Hall–Kier alpha value is -0.950. The molecule has 0 N–H and O–H groups in total. The molecule has 0 aliphatic rings. The molecule has 0 saturated carbocycles. The van der Waals surface area contributed by atoms with E-state index in [1.54, 1.807) is 7.11 Å². The Morgan fingerprint density at radius 3 is 2.69 bits per heavy atom. The molecule has 2 heteroatoms. The van der Waals surface area contributed by atoms with Crippen LogP contribution in [-0.4, -0.2) is 7.11 Å². The van der Waals surface area contributed by atoms with Crippen molar-refractivity contribution in [3.05, 3.63) is 34.9 Å². The van der Waals surface area contributed by atoms with Crippen LogP contribution in [0.4, 0.5) is 0 Å². The van der Waals surface area contributed by atoms with E-state index in [1.165, 1.54) is 5.57 Å². The van der Waals surface area contributed by atoms with Crippen LogP contribution >= 0.6 is 11.6 Å². The summed E-state index contributed by atoms with van der Waals surface area (Å²) in [6.07, 6.45) is 2.04. The summed E-state index contributed by atoms with van der Waals surface area (Å²) >= 11 is 5.89. The minimum absolute atomic E-state index is 0.733. The Labute approximate surface area is 84.0 Å². The second kappa shape index (κ2) is 4.33. The molecule has 0 bridgehead atoms. The van der Waals surface area contributed by atoms with Crippen molar-refractivity contribution in [1.29, 1.82) is 0 Å². The van der Waals surface area contributed by atoms with Gasteiger partial charge < -0.3 is 4.74 Å². The molecule has 70 valence electrons. The average Bonchev–Trinajstić information content (AvgIpc) is 2.16. The van der Waals surface area contributed by atoms with E-state index in [0.717, 1.165) is 16.3 Å². The molecule has 13 heavy (non-hydrogen) atoms. The highest BCUT2D eigenvalue weighted by Gasteiger charge is 2.04. The lowest BCUT2D eigenvalue weighted by molar-refractivity contribution is 0.413. The first kappa shape index (κ1) is 10.1. The quantitative estimate of drug-likeness (QED) is 0.700. The van der Waals surface area contributed by atoms with Crippen molar-refractivity contribution in [1.82, 2.24) is 0 Å². The van der Waals surface area contributed by atoms with Crippen molar-refractivity contribution in [3.8, 4) is 5.75 Å². The van der Waals surface area contributed by atoms with Crippen molar-refractivity contribution >= 4 is 17.2 Å². The molecule has 0 radical (unpaired) electrons. The van der Waals surface area contributed by atoms with Crippen LogP contribution in [0.1, 0.15) is 19.4 Å². The van der Waals surface area contributed by atoms with Gasteiger partial charge >= 0.3 is 0 Å². The first-order chi connectivity index (χ1) is 6.19. The molecule has 0 fully saturated rings. The number of halogens is 1. The van der Waals surface area contributed by atoms with E-state index >= 15 is 0 Å². The molecule has 0 saturated heterocycles. The fraction of sp³-hybridized carbons (Fsp3) is 0.273. The van der Waals surface area contributed by atoms with E-state index in [-0.39, 0.29) is 0 Å². The summed E-state index contributed by atoms with van der Waals surface area (Å²) in [7, 11) is 1.66. The maximum absolute atomic E-state index is 5.89. The maximum atomic E-state index is 5.89. The highest BCUT2D eigenvalue weighted by atomic mass is 35.5. The summed E-state index contributed by atoms with van der Waals surface area (Å²) in [4.78, 5) is 0. The van der Waals surface area contributed by atoms with Crippen LogP contribution in [0.2, 0.25) is 5.02 Å². The maximum Gasteiger partial charge on any atom is 0.126 e. The highest BCUT2D eigenvalue weighted by molar-refractivity contribution is 6.30. The molecule has 1 nitrogen and oxygen atoms in total. The first-order valence-electron chi connectivity index (χ1n) is 4.16. The van der Waals surface area contributed by atoms with Gasteiger partial charge in [0.25, 0.3) is 0 Å². The predicted octanol–water partition coefficient (Wildman–Crippen LogP) is 3.77. The lowest BCUT2D eigenvalue weighted by atomic mass is 10.1. The molecule has 0 aliphatic heterocycles. The summed E-state index contributed by atoms with van der Waals surface area (Å²) in [5.74, 6) is 0.861. The zero-order valence-corrected chi connectivity index (χ0v) is 8.85. The molecule has 0 unspecified atom stereocenters. The number of methoxy groups -OCH3 is 1. The van der Waals surface area contributed by atoms with Crippen molar-refractivity contribution in [2.45, 2.75) is 13.8 Å². The van der Waals surface area contributed by atoms with Gasteiger partial charge in [-0.1, -0.05) is 17.7 Å². The van der Waals surface area contributed by atoms with E-state index < -0.39 is 0 Å². The Bertz CT molecular complexity index is 329. The normalized spacial score (nSPS) is 11.5. The van der Waals surface area contributed by atoms with E-state index in [2.05, 4.69) is 0 Å². The van der Waals surface area contributed by atoms with Crippen LogP contribution in [-0.2, 0) is 0 Å². The number of ether oxygens (including phenoxy) is 1. The van der Waals surface area contributed by atoms with Gasteiger partial charge in [0.05, 0.1) is 7.11 Å². The van der Waals surface area contributed by atoms with Gasteiger partial charge in [-0.3, -0.25) is 0 Å². The second-order valence-corrected chi connectivity index (χ2v) is 3.25. The van der Waals surface area contributed by atoms with Crippen LogP contribution in [0.5, 0.6) is 5.75 Å². The van der Waals surface area contributed by atoms with Gasteiger partial charge in [0.2, 0.25) is 0 Å². The Morgan fingerprint density at radius 2 is 2.15 bits per heavy atom. The van der Waals surface area contributed by atoms with Gasteiger partial charge in [-0.05, 0) is 37.6 Å². The standard InChI is InChI=1S/C11H13ClO/c1-4-8(2)10-7-9(12)5-6-11(10)13-3/h4-7H,1-3H3. The van der Waals surface area contributed by atoms with Gasteiger partial charge in [-0.25, -0.2) is 0 Å². The first-order valence-corrected chi connectivity index (χ1v) is 4.53. The third-order valence-corrected chi connectivity index (χ3v) is 2.25. The number of hydrogen-bond acceptors (Lipinski definition) is 1. The van der Waals surface area contributed by atoms with Crippen LogP contribution in [0.3, 0.4) is 0 Å². The van der Waals surface area contributed by atoms with Crippen LogP contribution in [0.15, 0.2) is 24.3 Å². The van der Waals surface area contributed by atoms with E-state index in [9.17, 15) is 0 Å². The average molecular weight is 197 g/mol. The van der Waals surface area contributed by atoms with Gasteiger partial charge in [-0.15, -0.1) is 0 Å². The molecule has 1 aromatic carbocycles. The van der Waals surface area contributed by atoms with E-state index in [4.69, 9.17) is 16.3 Å². The van der Waals surface area contributed by atoms with Crippen molar-refractivity contribution in [3.63, 3.8) is 0 Å². The molecule has 1 aromatic rings. The minimum Gasteiger partial charge on any atom is -0.496 e. The predicted molar refractivity (Wildman–Crippen MR) is 57.3 cm³/mol. The van der Waals surface area contributed by atoms with Gasteiger partial charge in [0, 0.05) is 10.6 Å². The lowest BCUT2D eigenvalue weighted by Gasteiger charge is -2.08. The van der Waals surface area contributed by atoms with Gasteiger partial charge in [0.1, 0.15) is 5.75 Å². The third kappa shape index (κ3) is 2.25. The van der Waals surface area contributed by atoms with Gasteiger partial charge in [0.15, 0.2) is 0 Å². The molecule has 0 spiro atoms. The fourth-order valence-corrected chi connectivity index (χ4v) is 1.32. The largest absolute Gasteiger partial charge is 0.496 e. The van der Waals surface area contributed by atoms with Crippen LogP contribution in [0, 0.1) is 0 Å². The van der Waals surface area contributed by atoms with Crippen molar-refractivity contribution in [2.75, 3.05) is 7.11 Å². The number of hydrogen-bond donors (Lipinski definition) is 0. The molecule has 0 aliphatic carbocycles. The minimum atomic E-state index is 0.733. The Kier molecular flexibility index (Phi) is 3.38. The lowest BCUT2D eigenvalue weighted by Crippen LogP contribution is -1.89. The fourth-order valence-electron chi connectivity index (χ4n) is 1.14. The Balaban J connectivity index is 3.23. The molecule has 1 rings (SSSR count). The number of benzene rings is 1. The monoisotopic (exact) mass is 196 g/mol. The molecule has 0 heterocycles. The molecule has 0 amide bonds. The summed E-state index contributed by atoms with van der Waals surface area (Å²) in [5, 5.41) is 0.733. The zero-order chi connectivity index (χ0) is 9.84. The van der Waals surface area contributed by atoms with Crippen molar-refractivity contribution in [2.24, 2.45) is 0 Å². The number of allylic oxidation sites excluding steroid dienone is 2. The molecular formula is C11H13ClO. The third-order valence-electron chi connectivity index (χ3n) is 2.02. The smallest absolute Gasteiger partial charge is 0.126 e. The summed E-state index contributed by atoms with van der Waals surface area (Å²) in [6, 6.07) is 5.62. The van der Waals surface area contributed by atoms with E-state index in [1.807, 2.05) is 38.1 Å².